The summed E-state index contributed by atoms with van der Waals surface area (Å²) in [6.45, 7) is 0. The van der Waals surface area contributed by atoms with Crippen molar-refractivity contribution in [2.24, 2.45) is 0 Å². The van der Waals surface area contributed by atoms with Crippen LogP contribution in [-0.2, 0) is 0 Å². The maximum absolute atomic E-state index is 2.42. The van der Waals surface area contributed by atoms with Gasteiger partial charge in [-0.1, -0.05) is 182 Å². The maximum Gasteiger partial charge on any atom is 0.0619 e. The lowest BCUT2D eigenvalue weighted by Crippen LogP contribution is -2.09. The van der Waals surface area contributed by atoms with Crippen molar-refractivity contribution >= 4 is 49.6 Å². The van der Waals surface area contributed by atoms with Gasteiger partial charge in [0.05, 0.1) is 11.0 Å². The van der Waals surface area contributed by atoms with Gasteiger partial charge in [0.25, 0.3) is 0 Å². The van der Waals surface area contributed by atoms with Gasteiger partial charge in [-0.05, 0) is 111 Å². The molecule has 11 rings (SSSR count). The molecule has 60 heavy (non-hydrogen) atoms. The third kappa shape index (κ3) is 6.41. The molecule has 0 aliphatic heterocycles. The average molecular weight is 765 g/mol. The normalized spacial score (nSPS) is 11.3. The minimum absolute atomic E-state index is 1.10. The Bertz CT molecular complexity index is 3240. The van der Waals surface area contributed by atoms with Crippen molar-refractivity contribution in [3.05, 3.63) is 243 Å². The lowest BCUT2D eigenvalue weighted by Gasteiger charge is -2.26. The van der Waals surface area contributed by atoms with Gasteiger partial charge in [0.1, 0.15) is 0 Å². The predicted octanol–water partition coefficient (Wildman–Crippen LogP) is 16.1. The first-order valence-corrected chi connectivity index (χ1v) is 20.6. The summed E-state index contributed by atoms with van der Waals surface area (Å²) in [5.74, 6) is 0. The highest BCUT2D eigenvalue weighted by Crippen LogP contribution is 2.41. The number of para-hydroxylation sites is 1. The highest BCUT2D eigenvalue weighted by molar-refractivity contribution is 6.19. The van der Waals surface area contributed by atoms with E-state index in [2.05, 4.69) is 252 Å². The summed E-state index contributed by atoms with van der Waals surface area (Å²) in [5, 5.41) is 5.00. The quantitative estimate of drug-likeness (QED) is 0.150. The van der Waals surface area contributed by atoms with Gasteiger partial charge in [0.2, 0.25) is 0 Å². The SMILES string of the molecule is c1ccc(-c2ccc(-c3ccc(N(c4ccc(-c5ccccc5)cc4)c4ccc(-c5ccc6c(c5)c5ccc7ccccc7c5n6-c5ccccc5)cc4)cc3)cc2)cc1. The minimum Gasteiger partial charge on any atom is -0.311 e. The van der Waals surface area contributed by atoms with E-state index in [-0.39, 0.29) is 0 Å². The van der Waals surface area contributed by atoms with Crippen molar-refractivity contribution in [1.82, 2.24) is 4.57 Å². The van der Waals surface area contributed by atoms with Crippen LogP contribution in [0.1, 0.15) is 0 Å². The molecule has 0 amide bonds. The number of hydrogen-bond donors (Lipinski definition) is 0. The Kier molecular flexibility index (Phi) is 8.87. The molecule has 0 spiro atoms. The van der Waals surface area contributed by atoms with Gasteiger partial charge in [-0.25, -0.2) is 0 Å². The second-order valence-corrected chi connectivity index (χ2v) is 15.4. The molecular weight excluding hydrogens is 725 g/mol. The van der Waals surface area contributed by atoms with Gasteiger partial charge in [-0.15, -0.1) is 0 Å². The third-order valence-corrected chi connectivity index (χ3v) is 11.8. The standard InChI is InChI=1S/C58H40N2/c1-4-12-41(13-5-1)43-20-22-44(23-21-43)46-26-34-52(35-27-46)59(51-32-24-45(25-33-51)42-14-6-2-7-15-42)53-36-28-47(29-37-53)49-31-39-57-56(40-49)55-38-30-48-16-10-11-19-54(48)58(55)60(57)50-17-8-3-9-18-50/h1-40H. The Morgan fingerprint density at radius 3 is 1.18 bits per heavy atom. The molecule has 282 valence electrons. The van der Waals surface area contributed by atoms with E-state index in [4.69, 9.17) is 0 Å². The smallest absolute Gasteiger partial charge is 0.0619 e. The molecule has 0 aliphatic carbocycles. The lowest BCUT2D eigenvalue weighted by atomic mass is 9.99. The van der Waals surface area contributed by atoms with Crippen LogP contribution >= 0.6 is 0 Å². The van der Waals surface area contributed by atoms with Gasteiger partial charge in [-0.2, -0.15) is 0 Å². The zero-order valence-electron chi connectivity index (χ0n) is 33.0. The molecule has 0 unspecified atom stereocenters. The number of aromatic nitrogens is 1. The van der Waals surface area contributed by atoms with Crippen LogP contribution in [0.2, 0.25) is 0 Å². The molecule has 0 bridgehead atoms. The van der Waals surface area contributed by atoms with E-state index in [9.17, 15) is 0 Å². The number of benzene rings is 10. The zero-order valence-corrected chi connectivity index (χ0v) is 33.0. The van der Waals surface area contributed by atoms with E-state index >= 15 is 0 Å². The molecule has 10 aromatic carbocycles. The van der Waals surface area contributed by atoms with Crippen molar-refractivity contribution < 1.29 is 0 Å². The fraction of sp³-hybridized carbons (Fsp3) is 0. The summed E-state index contributed by atoms with van der Waals surface area (Å²) < 4.78 is 2.42. The predicted molar refractivity (Wildman–Crippen MR) is 255 cm³/mol. The van der Waals surface area contributed by atoms with Crippen LogP contribution in [-0.4, -0.2) is 4.57 Å². The summed E-state index contributed by atoms with van der Waals surface area (Å²) in [4.78, 5) is 2.35. The lowest BCUT2D eigenvalue weighted by molar-refractivity contribution is 1.19. The van der Waals surface area contributed by atoms with Crippen molar-refractivity contribution in [1.29, 1.82) is 0 Å². The first-order chi connectivity index (χ1) is 29.7. The van der Waals surface area contributed by atoms with Crippen LogP contribution in [0.5, 0.6) is 0 Å². The van der Waals surface area contributed by atoms with E-state index in [0.717, 1.165) is 22.7 Å². The molecule has 0 aliphatic rings. The van der Waals surface area contributed by atoms with E-state index < -0.39 is 0 Å². The summed E-state index contributed by atoms with van der Waals surface area (Å²) >= 11 is 0. The first-order valence-electron chi connectivity index (χ1n) is 20.6. The second-order valence-electron chi connectivity index (χ2n) is 15.4. The Morgan fingerprint density at radius 2 is 0.667 bits per heavy atom. The van der Waals surface area contributed by atoms with Crippen molar-refractivity contribution in [2.75, 3.05) is 4.90 Å². The first kappa shape index (κ1) is 35.2. The summed E-state index contributed by atoms with van der Waals surface area (Å²) in [5.41, 5.74) is 16.5. The Labute approximate surface area is 350 Å². The minimum atomic E-state index is 1.10. The van der Waals surface area contributed by atoms with Gasteiger partial charge in [0.15, 0.2) is 0 Å². The number of fused-ring (bicyclic) bond motifs is 5. The van der Waals surface area contributed by atoms with Crippen LogP contribution in [0.25, 0.3) is 82.8 Å². The van der Waals surface area contributed by atoms with Crippen LogP contribution in [0.3, 0.4) is 0 Å². The molecule has 11 aromatic rings. The summed E-state index contributed by atoms with van der Waals surface area (Å²) in [6.07, 6.45) is 0. The fourth-order valence-corrected chi connectivity index (χ4v) is 8.78. The largest absolute Gasteiger partial charge is 0.311 e. The molecule has 0 atom stereocenters. The van der Waals surface area contributed by atoms with E-state index in [1.165, 1.54) is 77.1 Å². The van der Waals surface area contributed by atoms with Crippen molar-refractivity contribution in [3.8, 4) is 50.2 Å². The number of hydrogen-bond acceptors (Lipinski definition) is 1. The summed E-state index contributed by atoms with van der Waals surface area (Å²) in [6, 6.07) is 87.7. The zero-order chi connectivity index (χ0) is 39.8. The molecule has 0 saturated carbocycles. The van der Waals surface area contributed by atoms with Crippen LogP contribution in [0.4, 0.5) is 17.1 Å². The Balaban J connectivity index is 0.967. The van der Waals surface area contributed by atoms with Gasteiger partial charge in [0, 0.05) is 38.9 Å². The molecule has 0 N–H and O–H groups in total. The van der Waals surface area contributed by atoms with Crippen molar-refractivity contribution in [2.45, 2.75) is 0 Å². The number of nitrogens with zero attached hydrogens (tertiary/aromatic N) is 2. The molecule has 2 heteroatoms. The van der Waals surface area contributed by atoms with Gasteiger partial charge >= 0.3 is 0 Å². The molecule has 0 radical (unpaired) electrons. The summed E-state index contributed by atoms with van der Waals surface area (Å²) in [7, 11) is 0. The Hall–Kier alpha value is -7.94. The van der Waals surface area contributed by atoms with Gasteiger partial charge in [-0.3, -0.25) is 0 Å². The number of anilines is 3. The van der Waals surface area contributed by atoms with E-state index in [0.29, 0.717) is 0 Å². The van der Waals surface area contributed by atoms with Gasteiger partial charge < -0.3 is 9.47 Å². The molecule has 1 heterocycles. The molecule has 0 fully saturated rings. The molecule has 2 nitrogen and oxygen atoms in total. The fourth-order valence-electron chi connectivity index (χ4n) is 8.78. The topological polar surface area (TPSA) is 8.17 Å². The Morgan fingerprint density at radius 1 is 0.267 bits per heavy atom. The molecular formula is C58H40N2. The highest BCUT2D eigenvalue weighted by atomic mass is 15.1. The maximum atomic E-state index is 2.42. The third-order valence-electron chi connectivity index (χ3n) is 11.8. The van der Waals surface area contributed by atoms with Crippen LogP contribution in [0, 0.1) is 0 Å². The molecule has 0 saturated heterocycles. The van der Waals surface area contributed by atoms with E-state index in [1.807, 2.05) is 0 Å². The number of rotatable bonds is 8. The van der Waals surface area contributed by atoms with Crippen LogP contribution < -0.4 is 4.90 Å². The van der Waals surface area contributed by atoms with Crippen molar-refractivity contribution in [3.63, 3.8) is 0 Å². The monoisotopic (exact) mass is 764 g/mol. The van der Waals surface area contributed by atoms with E-state index in [1.54, 1.807) is 0 Å². The highest BCUT2D eigenvalue weighted by Gasteiger charge is 2.17. The molecule has 1 aromatic heterocycles. The van der Waals surface area contributed by atoms with Crippen LogP contribution in [0.15, 0.2) is 243 Å². The average Bonchev–Trinajstić information content (AvgIpc) is 3.67. The second kappa shape index (κ2) is 15.1.